The van der Waals surface area contributed by atoms with E-state index < -0.39 is 17.8 Å². The third kappa shape index (κ3) is 6.73. The van der Waals surface area contributed by atoms with Gasteiger partial charge in [-0.3, -0.25) is 9.59 Å². The van der Waals surface area contributed by atoms with E-state index in [2.05, 4.69) is 48.5 Å². The maximum atomic E-state index is 12.9. The molecule has 0 aromatic heterocycles. The van der Waals surface area contributed by atoms with Crippen molar-refractivity contribution in [2.24, 2.45) is 46.3 Å². The molecule has 0 heterocycles. The van der Waals surface area contributed by atoms with Gasteiger partial charge in [-0.05, 0) is 73.0 Å². The van der Waals surface area contributed by atoms with E-state index in [1.54, 1.807) is 0 Å². The zero-order chi connectivity index (χ0) is 24.1. The molecule has 4 nitrogen and oxygen atoms in total. The van der Waals surface area contributed by atoms with Gasteiger partial charge >= 0.3 is 11.9 Å². The predicted molar refractivity (Wildman–Crippen MR) is 130 cm³/mol. The van der Waals surface area contributed by atoms with Crippen molar-refractivity contribution in [2.45, 2.75) is 113 Å². The molecule has 2 fully saturated rings. The van der Waals surface area contributed by atoms with Gasteiger partial charge in [0.25, 0.3) is 0 Å². The number of aliphatic carboxylic acids is 1. The van der Waals surface area contributed by atoms with Crippen molar-refractivity contribution < 1.29 is 19.4 Å². The zero-order valence-corrected chi connectivity index (χ0v) is 21.9. The number of ether oxygens (including phenoxy) is 1. The molecule has 0 aromatic rings. The van der Waals surface area contributed by atoms with Crippen LogP contribution in [0, 0.1) is 46.3 Å². The van der Waals surface area contributed by atoms with Gasteiger partial charge in [-0.2, -0.15) is 0 Å². The monoisotopic (exact) mass is 450 g/mol. The summed E-state index contributed by atoms with van der Waals surface area (Å²) < 4.78 is 5.88. The van der Waals surface area contributed by atoms with Crippen LogP contribution in [0.3, 0.4) is 0 Å². The highest BCUT2D eigenvalue weighted by atomic mass is 16.5. The molecule has 0 spiro atoms. The number of esters is 1. The third-order valence-corrected chi connectivity index (χ3v) is 8.96. The highest BCUT2D eigenvalue weighted by Crippen LogP contribution is 2.55. The Morgan fingerprint density at radius 1 is 1.00 bits per heavy atom. The average Bonchev–Trinajstić information content (AvgIpc) is 2.69. The molecule has 4 heteroatoms. The van der Waals surface area contributed by atoms with Gasteiger partial charge in [0.2, 0.25) is 0 Å². The van der Waals surface area contributed by atoms with Gasteiger partial charge in [0.1, 0.15) is 0 Å². The predicted octanol–water partition coefficient (Wildman–Crippen LogP) is 7.35. The van der Waals surface area contributed by atoms with Crippen LogP contribution in [-0.4, -0.2) is 23.7 Å². The van der Waals surface area contributed by atoms with Gasteiger partial charge in [-0.25, -0.2) is 0 Å². The van der Waals surface area contributed by atoms with E-state index in [0.29, 0.717) is 43.1 Å². The normalized spacial score (nSPS) is 33.0. The molecule has 1 N–H and O–H groups in total. The average molecular weight is 451 g/mol. The van der Waals surface area contributed by atoms with E-state index in [0.717, 1.165) is 12.8 Å². The number of carbonyl (C=O) groups excluding carboxylic acids is 1. The van der Waals surface area contributed by atoms with Gasteiger partial charge in [0.15, 0.2) is 0 Å². The first kappa shape index (κ1) is 27.2. The largest absolute Gasteiger partial charge is 0.481 e. The Morgan fingerprint density at radius 3 is 2.28 bits per heavy atom. The molecule has 2 rings (SSSR count). The first-order valence-corrected chi connectivity index (χ1v) is 13.3. The summed E-state index contributed by atoms with van der Waals surface area (Å²) in [7, 11) is 0. The van der Waals surface area contributed by atoms with Crippen molar-refractivity contribution in [3.05, 3.63) is 0 Å². The molecule has 2 aliphatic carbocycles. The molecule has 0 radical (unpaired) electrons. The fraction of sp³-hybridized carbons (Fsp3) is 0.929. The van der Waals surface area contributed by atoms with E-state index in [1.807, 2.05) is 0 Å². The van der Waals surface area contributed by atoms with E-state index in [9.17, 15) is 14.7 Å². The lowest BCUT2D eigenvalue weighted by molar-refractivity contribution is -0.164. The highest BCUT2D eigenvalue weighted by Gasteiger charge is 2.48. The summed E-state index contributed by atoms with van der Waals surface area (Å²) in [5.74, 6) is -0.201. The van der Waals surface area contributed by atoms with Crippen LogP contribution >= 0.6 is 0 Å². The van der Waals surface area contributed by atoms with Crippen molar-refractivity contribution >= 4 is 11.9 Å². The van der Waals surface area contributed by atoms with Crippen LogP contribution in [0.15, 0.2) is 0 Å². The third-order valence-electron chi connectivity index (χ3n) is 8.96. The Morgan fingerprint density at radius 2 is 1.69 bits per heavy atom. The molecule has 0 aromatic carbocycles. The Hall–Kier alpha value is -1.06. The second-order valence-corrected chi connectivity index (χ2v) is 12.6. The lowest BCUT2D eigenvalue weighted by Crippen LogP contribution is -2.47. The molecule has 0 saturated heterocycles. The zero-order valence-electron chi connectivity index (χ0n) is 21.9. The number of carbonyl (C=O) groups is 2. The van der Waals surface area contributed by atoms with Crippen LogP contribution in [0.4, 0.5) is 0 Å². The molecule has 0 amide bonds. The minimum atomic E-state index is -0.850. The number of carboxylic acid groups (broad SMARTS) is 1. The second-order valence-electron chi connectivity index (χ2n) is 12.6. The van der Waals surface area contributed by atoms with Gasteiger partial charge in [-0.15, -0.1) is 0 Å². The Kier molecular flexibility index (Phi) is 9.67. The van der Waals surface area contributed by atoms with Crippen LogP contribution in [-0.2, 0) is 14.3 Å². The van der Waals surface area contributed by atoms with Crippen LogP contribution in [0.25, 0.3) is 0 Å². The lowest BCUT2D eigenvalue weighted by Gasteiger charge is -2.53. The summed E-state index contributed by atoms with van der Waals surface area (Å²) >= 11 is 0. The molecule has 6 unspecified atom stereocenters. The fourth-order valence-electron chi connectivity index (χ4n) is 6.70. The van der Waals surface area contributed by atoms with Crippen molar-refractivity contribution in [2.75, 3.05) is 6.61 Å². The minimum Gasteiger partial charge on any atom is -0.481 e. The molecule has 2 saturated carbocycles. The molecular formula is C28H50O4. The van der Waals surface area contributed by atoms with Crippen LogP contribution in [0.1, 0.15) is 113 Å². The standard InChI is InChI=1S/C28H50O4/c1-8-9-10-11-12-24-23(27(3,4)5)16-14-20(28(24,6)7)18-32-26(31)21-15-13-19(2)17-22(21)25(29)30/h19-24H,8-18H2,1-7H3,(H,29,30). The smallest absolute Gasteiger partial charge is 0.309 e. The number of rotatable bonds is 9. The van der Waals surface area contributed by atoms with E-state index in [4.69, 9.17) is 4.74 Å². The number of hydrogen-bond acceptors (Lipinski definition) is 3. The topological polar surface area (TPSA) is 63.6 Å². The molecule has 2 aliphatic rings. The summed E-state index contributed by atoms with van der Waals surface area (Å²) in [4.78, 5) is 24.7. The van der Waals surface area contributed by atoms with Crippen molar-refractivity contribution in [3.63, 3.8) is 0 Å². The first-order chi connectivity index (χ1) is 14.9. The molecule has 6 atom stereocenters. The quantitative estimate of drug-likeness (QED) is 0.294. The number of hydrogen-bond donors (Lipinski definition) is 1. The minimum absolute atomic E-state index is 0.107. The summed E-state index contributed by atoms with van der Waals surface area (Å²) in [6.07, 6.45) is 10.8. The fourth-order valence-corrected chi connectivity index (χ4v) is 6.70. The first-order valence-electron chi connectivity index (χ1n) is 13.3. The van der Waals surface area contributed by atoms with Gasteiger partial charge in [-0.1, -0.05) is 74.1 Å². The maximum Gasteiger partial charge on any atom is 0.309 e. The number of unbranched alkanes of at least 4 members (excludes halogenated alkanes) is 3. The molecule has 0 bridgehead atoms. The van der Waals surface area contributed by atoms with Crippen molar-refractivity contribution in [1.82, 2.24) is 0 Å². The summed E-state index contributed by atoms with van der Waals surface area (Å²) in [6, 6.07) is 0. The summed E-state index contributed by atoms with van der Waals surface area (Å²) in [5.41, 5.74) is 0.387. The maximum absolute atomic E-state index is 12.9. The molecule has 32 heavy (non-hydrogen) atoms. The SMILES string of the molecule is CCCCCCC1C(C(C)(C)C)CCC(COC(=O)C2CCC(C)CC2C(=O)O)C1(C)C. The van der Waals surface area contributed by atoms with Crippen molar-refractivity contribution in [1.29, 1.82) is 0 Å². The van der Waals surface area contributed by atoms with E-state index >= 15 is 0 Å². The molecular weight excluding hydrogens is 400 g/mol. The van der Waals surface area contributed by atoms with E-state index in [-0.39, 0.29) is 16.8 Å². The van der Waals surface area contributed by atoms with Crippen LogP contribution in [0.5, 0.6) is 0 Å². The van der Waals surface area contributed by atoms with Crippen LogP contribution < -0.4 is 0 Å². The Bertz CT molecular complexity index is 617. The lowest BCUT2D eigenvalue weighted by atomic mass is 9.52. The number of carboxylic acids is 1. The summed E-state index contributed by atoms with van der Waals surface area (Å²) in [6.45, 7) is 16.7. The van der Waals surface area contributed by atoms with Crippen LogP contribution in [0.2, 0.25) is 0 Å². The Balaban J connectivity index is 2.05. The molecule has 186 valence electrons. The van der Waals surface area contributed by atoms with Gasteiger partial charge in [0.05, 0.1) is 18.4 Å². The van der Waals surface area contributed by atoms with E-state index in [1.165, 1.54) is 38.5 Å². The van der Waals surface area contributed by atoms with Crippen molar-refractivity contribution in [3.8, 4) is 0 Å². The van der Waals surface area contributed by atoms with Gasteiger partial charge < -0.3 is 9.84 Å². The second kappa shape index (κ2) is 11.4. The molecule has 0 aliphatic heterocycles. The van der Waals surface area contributed by atoms with Gasteiger partial charge in [0, 0.05) is 0 Å². The Labute approximate surface area is 197 Å². The summed E-state index contributed by atoms with van der Waals surface area (Å²) in [5, 5.41) is 9.63. The highest BCUT2D eigenvalue weighted by molar-refractivity contribution is 5.81.